The molecule has 1 heterocycles. The molecule has 0 spiro atoms. The van der Waals surface area contributed by atoms with Gasteiger partial charge in [0, 0.05) is 32.5 Å². The molecule has 0 amide bonds. The molecule has 0 saturated heterocycles. The van der Waals surface area contributed by atoms with Gasteiger partial charge < -0.3 is 10.6 Å². The van der Waals surface area contributed by atoms with Crippen LogP contribution in [0.5, 0.6) is 0 Å². The molecular weight excluding hydrogens is 480 g/mol. The van der Waals surface area contributed by atoms with Crippen molar-refractivity contribution >= 4 is 29.9 Å². The lowest BCUT2D eigenvalue weighted by Crippen LogP contribution is -2.37. The fourth-order valence-electron chi connectivity index (χ4n) is 3.04. The van der Waals surface area contributed by atoms with Gasteiger partial charge in [-0.3, -0.25) is 9.67 Å². The Labute approximate surface area is 188 Å². The highest BCUT2D eigenvalue weighted by Crippen LogP contribution is 2.10. The van der Waals surface area contributed by atoms with Crippen LogP contribution in [0.15, 0.2) is 72.0 Å². The summed E-state index contributed by atoms with van der Waals surface area (Å²) in [6, 6.07) is 17.0. The van der Waals surface area contributed by atoms with Gasteiger partial charge in [-0.25, -0.2) is 4.39 Å². The maximum absolute atomic E-state index is 13.2. The molecular formula is C22H27FIN5. The van der Waals surface area contributed by atoms with E-state index in [4.69, 9.17) is 0 Å². The third kappa shape index (κ3) is 7.49. The molecule has 5 nitrogen and oxygen atoms in total. The number of hydrogen-bond acceptors (Lipinski definition) is 2. The second kappa shape index (κ2) is 12.2. The first-order valence-corrected chi connectivity index (χ1v) is 9.48. The Bertz CT molecular complexity index is 896. The van der Waals surface area contributed by atoms with E-state index in [2.05, 4.69) is 32.9 Å². The topological polar surface area (TPSA) is 54.2 Å². The van der Waals surface area contributed by atoms with Crippen molar-refractivity contribution in [2.24, 2.45) is 4.99 Å². The fourth-order valence-corrected chi connectivity index (χ4v) is 3.04. The number of aromatic nitrogens is 2. The number of halogens is 2. The third-order valence-electron chi connectivity index (χ3n) is 4.50. The average molecular weight is 507 g/mol. The van der Waals surface area contributed by atoms with E-state index in [-0.39, 0.29) is 29.8 Å². The van der Waals surface area contributed by atoms with Crippen LogP contribution in [0.2, 0.25) is 0 Å². The average Bonchev–Trinajstić information content (AvgIpc) is 3.22. The minimum atomic E-state index is -0.184. The van der Waals surface area contributed by atoms with Crippen molar-refractivity contribution in [2.45, 2.75) is 25.9 Å². The Kier molecular flexibility index (Phi) is 9.63. The monoisotopic (exact) mass is 507 g/mol. The van der Waals surface area contributed by atoms with E-state index in [0.29, 0.717) is 6.54 Å². The molecule has 7 heteroatoms. The van der Waals surface area contributed by atoms with Crippen molar-refractivity contribution in [1.82, 2.24) is 20.4 Å². The standard InChI is InChI=1S/C22H26FN5.HI/c1-24-22(25-12-5-8-18-7-4-11-21(23)15-18)26-16-19-9-2-3-10-20(19)17-28-14-6-13-27-28;/h2-4,6-7,9-11,13-15H,5,8,12,16-17H2,1H3,(H2,24,25,26);1H. The number of hydrogen-bond donors (Lipinski definition) is 2. The number of nitrogens with zero attached hydrogens (tertiary/aromatic N) is 3. The molecule has 1 aromatic heterocycles. The second-order valence-electron chi connectivity index (χ2n) is 6.56. The van der Waals surface area contributed by atoms with Gasteiger partial charge in [-0.2, -0.15) is 5.10 Å². The first-order chi connectivity index (χ1) is 13.7. The van der Waals surface area contributed by atoms with Crippen molar-refractivity contribution in [1.29, 1.82) is 0 Å². The van der Waals surface area contributed by atoms with Crippen LogP contribution < -0.4 is 10.6 Å². The SMILES string of the molecule is CN=C(NCCCc1cccc(F)c1)NCc1ccccc1Cn1cccn1.I. The Morgan fingerprint density at radius 2 is 1.90 bits per heavy atom. The summed E-state index contributed by atoms with van der Waals surface area (Å²) in [7, 11) is 1.76. The Balaban J connectivity index is 0.00000300. The second-order valence-corrected chi connectivity index (χ2v) is 6.56. The third-order valence-corrected chi connectivity index (χ3v) is 4.50. The molecule has 0 fully saturated rings. The molecule has 0 aliphatic carbocycles. The number of aryl methyl sites for hydroxylation is 1. The lowest BCUT2D eigenvalue weighted by atomic mass is 10.1. The van der Waals surface area contributed by atoms with Gasteiger partial charge in [0.15, 0.2) is 5.96 Å². The number of nitrogens with one attached hydrogen (secondary N) is 2. The molecule has 3 aromatic rings. The molecule has 0 aliphatic heterocycles. The van der Waals surface area contributed by atoms with Crippen molar-refractivity contribution in [3.05, 3.63) is 89.5 Å². The summed E-state index contributed by atoms with van der Waals surface area (Å²) in [5, 5.41) is 11.0. The van der Waals surface area contributed by atoms with Crippen LogP contribution in [-0.4, -0.2) is 29.3 Å². The highest BCUT2D eigenvalue weighted by Gasteiger charge is 2.05. The summed E-state index contributed by atoms with van der Waals surface area (Å²) in [6.45, 7) is 2.19. The summed E-state index contributed by atoms with van der Waals surface area (Å²) in [4.78, 5) is 4.28. The van der Waals surface area contributed by atoms with Crippen LogP contribution in [0.1, 0.15) is 23.1 Å². The maximum Gasteiger partial charge on any atom is 0.191 e. The summed E-state index contributed by atoms with van der Waals surface area (Å²) >= 11 is 0. The van der Waals surface area contributed by atoms with Crippen LogP contribution >= 0.6 is 24.0 Å². The highest BCUT2D eigenvalue weighted by atomic mass is 127. The van der Waals surface area contributed by atoms with Gasteiger partial charge in [0.25, 0.3) is 0 Å². The predicted molar refractivity (Wildman–Crippen MR) is 126 cm³/mol. The van der Waals surface area contributed by atoms with Gasteiger partial charge in [-0.05, 0) is 47.7 Å². The maximum atomic E-state index is 13.2. The van der Waals surface area contributed by atoms with E-state index >= 15 is 0 Å². The summed E-state index contributed by atoms with van der Waals surface area (Å²) < 4.78 is 15.1. The number of rotatable bonds is 8. The van der Waals surface area contributed by atoms with E-state index in [9.17, 15) is 4.39 Å². The van der Waals surface area contributed by atoms with E-state index in [0.717, 1.165) is 37.5 Å². The Morgan fingerprint density at radius 3 is 2.62 bits per heavy atom. The molecule has 154 valence electrons. The van der Waals surface area contributed by atoms with Gasteiger partial charge in [0.2, 0.25) is 0 Å². The zero-order chi connectivity index (χ0) is 19.6. The number of benzene rings is 2. The van der Waals surface area contributed by atoms with Gasteiger partial charge in [0.1, 0.15) is 5.82 Å². The number of aliphatic imine (C=N–C) groups is 1. The van der Waals surface area contributed by atoms with Crippen LogP contribution in [0.25, 0.3) is 0 Å². The Hall–Kier alpha value is -2.42. The van der Waals surface area contributed by atoms with E-state index in [1.165, 1.54) is 17.2 Å². The smallest absolute Gasteiger partial charge is 0.191 e. The highest BCUT2D eigenvalue weighted by molar-refractivity contribution is 14.0. The van der Waals surface area contributed by atoms with Gasteiger partial charge in [-0.15, -0.1) is 24.0 Å². The zero-order valence-corrected chi connectivity index (χ0v) is 18.8. The molecule has 29 heavy (non-hydrogen) atoms. The van der Waals surface area contributed by atoms with Crippen LogP contribution in [0.4, 0.5) is 4.39 Å². The molecule has 3 rings (SSSR count). The Morgan fingerprint density at radius 1 is 1.07 bits per heavy atom. The largest absolute Gasteiger partial charge is 0.356 e. The van der Waals surface area contributed by atoms with Crippen molar-refractivity contribution < 1.29 is 4.39 Å². The van der Waals surface area contributed by atoms with Crippen LogP contribution in [-0.2, 0) is 19.5 Å². The van der Waals surface area contributed by atoms with E-state index < -0.39 is 0 Å². The van der Waals surface area contributed by atoms with Crippen molar-refractivity contribution in [2.75, 3.05) is 13.6 Å². The first-order valence-electron chi connectivity index (χ1n) is 9.48. The molecule has 0 aliphatic rings. The minimum Gasteiger partial charge on any atom is -0.356 e. The molecule has 0 atom stereocenters. The lowest BCUT2D eigenvalue weighted by Gasteiger charge is -2.14. The van der Waals surface area contributed by atoms with E-state index in [1.807, 2.05) is 35.1 Å². The lowest BCUT2D eigenvalue weighted by molar-refractivity contribution is 0.624. The molecule has 0 bridgehead atoms. The predicted octanol–water partition coefficient (Wildman–Crippen LogP) is 3.99. The summed E-state index contributed by atoms with van der Waals surface area (Å²) in [6.07, 6.45) is 5.48. The molecule has 0 unspecified atom stereocenters. The van der Waals surface area contributed by atoms with E-state index in [1.54, 1.807) is 25.4 Å². The molecule has 2 aromatic carbocycles. The summed E-state index contributed by atoms with van der Waals surface area (Å²) in [5.74, 6) is 0.574. The fraction of sp³-hybridized carbons (Fsp3) is 0.273. The molecule has 0 radical (unpaired) electrons. The molecule has 0 saturated carbocycles. The zero-order valence-electron chi connectivity index (χ0n) is 16.5. The molecule has 2 N–H and O–H groups in total. The van der Waals surface area contributed by atoms with Gasteiger partial charge in [-0.1, -0.05) is 36.4 Å². The first kappa shape index (κ1) is 22.9. The van der Waals surface area contributed by atoms with Crippen LogP contribution in [0, 0.1) is 5.82 Å². The van der Waals surface area contributed by atoms with Gasteiger partial charge in [0.05, 0.1) is 6.54 Å². The van der Waals surface area contributed by atoms with Crippen LogP contribution in [0.3, 0.4) is 0 Å². The minimum absolute atomic E-state index is 0. The van der Waals surface area contributed by atoms with Crippen molar-refractivity contribution in [3.63, 3.8) is 0 Å². The van der Waals surface area contributed by atoms with Crippen molar-refractivity contribution in [3.8, 4) is 0 Å². The quantitative estimate of drug-likeness (QED) is 0.210. The normalized spacial score (nSPS) is 11.0. The number of guanidine groups is 1. The van der Waals surface area contributed by atoms with Gasteiger partial charge >= 0.3 is 0 Å². The summed E-state index contributed by atoms with van der Waals surface area (Å²) in [5.41, 5.74) is 3.44.